The first-order valence-electron chi connectivity index (χ1n) is 6.23. The van der Waals surface area contributed by atoms with Crippen LogP contribution in [0, 0.1) is 6.92 Å². The van der Waals surface area contributed by atoms with Crippen LogP contribution in [0.5, 0.6) is 5.75 Å². The Labute approximate surface area is 111 Å². The van der Waals surface area contributed by atoms with Gasteiger partial charge in [0.1, 0.15) is 5.75 Å². The Kier molecular flexibility index (Phi) is 7.81. The minimum absolute atomic E-state index is 0. The third kappa shape index (κ3) is 5.31. The van der Waals surface area contributed by atoms with Crippen molar-refractivity contribution in [2.75, 3.05) is 5.73 Å². The van der Waals surface area contributed by atoms with E-state index < -0.39 is 0 Å². The first kappa shape index (κ1) is 16.1. The maximum atomic E-state index is 9.54. The summed E-state index contributed by atoms with van der Waals surface area (Å²) in [6.07, 6.45) is 7.44. The summed E-state index contributed by atoms with van der Waals surface area (Å²) in [5.74, 6) is 0.217. The van der Waals surface area contributed by atoms with Crippen LogP contribution in [0.1, 0.15) is 50.2 Å². The van der Waals surface area contributed by atoms with Crippen molar-refractivity contribution in [1.29, 1.82) is 0 Å². The third-order valence-corrected chi connectivity index (χ3v) is 3.03. The molecule has 17 heavy (non-hydrogen) atoms. The molecule has 98 valence electrons. The summed E-state index contributed by atoms with van der Waals surface area (Å²) in [4.78, 5) is 0. The van der Waals surface area contributed by atoms with Crippen LogP contribution in [0.4, 0.5) is 5.69 Å². The molecular formula is C14H24ClNO. The molecule has 0 aromatic heterocycles. The van der Waals surface area contributed by atoms with E-state index in [1.54, 1.807) is 0 Å². The van der Waals surface area contributed by atoms with E-state index in [-0.39, 0.29) is 18.2 Å². The number of phenolic OH excluding ortho intramolecular Hbond substituents is 1. The molecule has 1 rings (SSSR count). The number of unbranched alkanes of at least 4 members (excludes halogenated alkanes) is 4. The monoisotopic (exact) mass is 257 g/mol. The van der Waals surface area contributed by atoms with Gasteiger partial charge < -0.3 is 10.8 Å². The van der Waals surface area contributed by atoms with Crippen LogP contribution in [-0.4, -0.2) is 5.11 Å². The second-order valence-electron chi connectivity index (χ2n) is 4.50. The van der Waals surface area contributed by atoms with Crippen molar-refractivity contribution >= 4 is 18.1 Å². The molecule has 3 N–H and O–H groups in total. The van der Waals surface area contributed by atoms with Gasteiger partial charge in [-0.05, 0) is 43.0 Å². The molecule has 0 aliphatic heterocycles. The fraction of sp³-hybridized carbons (Fsp3) is 0.571. The first-order chi connectivity index (χ1) is 7.65. The minimum atomic E-state index is 0. The summed E-state index contributed by atoms with van der Waals surface area (Å²) in [6.45, 7) is 4.28. The van der Waals surface area contributed by atoms with Crippen LogP contribution in [0.3, 0.4) is 0 Å². The average Bonchev–Trinajstić information content (AvgIpc) is 2.25. The highest BCUT2D eigenvalue weighted by Gasteiger charge is 2.03. The Hall–Kier alpha value is -0.890. The van der Waals surface area contributed by atoms with Gasteiger partial charge in [-0.3, -0.25) is 0 Å². The van der Waals surface area contributed by atoms with Gasteiger partial charge in [-0.1, -0.05) is 32.6 Å². The summed E-state index contributed by atoms with van der Waals surface area (Å²) >= 11 is 0. The van der Waals surface area contributed by atoms with Crippen molar-refractivity contribution in [3.63, 3.8) is 0 Å². The van der Waals surface area contributed by atoms with E-state index in [1.165, 1.54) is 43.2 Å². The smallest absolute Gasteiger partial charge is 0.138 e. The lowest BCUT2D eigenvalue weighted by molar-refractivity contribution is 0.476. The minimum Gasteiger partial charge on any atom is -0.506 e. The summed E-state index contributed by atoms with van der Waals surface area (Å²) in [6, 6.07) is 3.67. The molecule has 0 fully saturated rings. The van der Waals surface area contributed by atoms with Crippen molar-refractivity contribution in [3.05, 3.63) is 23.3 Å². The number of aromatic hydroxyl groups is 1. The summed E-state index contributed by atoms with van der Waals surface area (Å²) in [5, 5.41) is 9.54. The van der Waals surface area contributed by atoms with E-state index in [0.717, 1.165) is 6.42 Å². The molecule has 2 nitrogen and oxygen atoms in total. The molecule has 0 spiro atoms. The molecule has 1 aromatic rings. The fourth-order valence-corrected chi connectivity index (χ4v) is 1.95. The number of hydrogen-bond acceptors (Lipinski definition) is 2. The lowest BCUT2D eigenvalue weighted by Gasteiger charge is -2.08. The van der Waals surface area contributed by atoms with Crippen LogP contribution in [-0.2, 0) is 6.42 Å². The van der Waals surface area contributed by atoms with E-state index in [1.807, 2.05) is 12.1 Å². The lowest BCUT2D eigenvalue weighted by Crippen LogP contribution is -1.94. The van der Waals surface area contributed by atoms with E-state index >= 15 is 0 Å². The number of benzene rings is 1. The van der Waals surface area contributed by atoms with Gasteiger partial charge in [-0.25, -0.2) is 0 Å². The molecule has 0 amide bonds. The first-order valence-corrected chi connectivity index (χ1v) is 6.23. The van der Waals surface area contributed by atoms with Gasteiger partial charge in [0, 0.05) is 0 Å². The molecule has 0 aliphatic rings. The summed E-state index contributed by atoms with van der Waals surface area (Å²) < 4.78 is 0. The van der Waals surface area contributed by atoms with Crippen LogP contribution in [0.2, 0.25) is 0 Å². The van der Waals surface area contributed by atoms with Gasteiger partial charge in [0.25, 0.3) is 0 Å². The van der Waals surface area contributed by atoms with Crippen molar-refractivity contribution < 1.29 is 5.11 Å². The number of anilines is 1. The average molecular weight is 258 g/mol. The maximum absolute atomic E-state index is 9.54. The van der Waals surface area contributed by atoms with Crippen LogP contribution >= 0.6 is 12.4 Å². The number of hydrogen-bond donors (Lipinski definition) is 2. The molecule has 0 saturated heterocycles. The van der Waals surface area contributed by atoms with Crippen LogP contribution in [0.15, 0.2) is 12.1 Å². The predicted octanol–water partition coefficient (Wildman–Crippen LogP) is 4.22. The fourth-order valence-electron chi connectivity index (χ4n) is 1.95. The standard InChI is InChI=1S/C14H23NO.ClH/c1-3-4-5-6-7-8-12-10-14(16)13(15)9-11(12)2;/h9-10,16H,3-8,15H2,1-2H3;1H. The topological polar surface area (TPSA) is 46.2 Å². The van der Waals surface area contributed by atoms with Gasteiger partial charge >= 0.3 is 0 Å². The van der Waals surface area contributed by atoms with Gasteiger partial charge in [0.2, 0.25) is 0 Å². The Morgan fingerprint density at radius 3 is 2.41 bits per heavy atom. The number of rotatable bonds is 6. The lowest BCUT2D eigenvalue weighted by atomic mass is 10.0. The normalized spacial score (nSPS) is 10.0. The maximum Gasteiger partial charge on any atom is 0.138 e. The van der Waals surface area contributed by atoms with Crippen LogP contribution < -0.4 is 5.73 Å². The van der Waals surface area contributed by atoms with Crippen LogP contribution in [0.25, 0.3) is 0 Å². The number of aryl methyl sites for hydroxylation is 2. The second-order valence-corrected chi connectivity index (χ2v) is 4.50. The Bertz CT molecular complexity index is 339. The summed E-state index contributed by atoms with van der Waals surface area (Å²) in [5.41, 5.74) is 8.52. The molecule has 0 heterocycles. The van der Waals surface area contributed by atoms with Gasteiger partial charge in [0.05, 0.1) is 5.69 Å². The van der Waals surface area contributed by atoms with Gasteiger partial charge in [-0.15, -0.1) is 12.4 Å². The zero-order chi connectivity index (χ0) is 12.0. The van der Waals surface area contributed by atoms with Crippen molar-refractivity contribution in [3.8, 4) is 5.75 Å². The Morgan fingerprint density at radius 1 is 1.12 bits per heavy atom. The Balaban J connectivity index is 0.00000256. The number of halogens is 1. The number of nitrogens with two attached hydrogens (primary N) is 1. The van der Waals surface area contributed by atoms with Gasteiger partial charge in [0.15, 0.2) is 0 Å². The molecule has 1 aromatic carbocycles. The SMILES string of the molecule is CCCCCCCc1cc(O)c(N)cc1C.Cl. The highest BCUT2D eigenvalue weighted by Crippen LogP contribution is 2.25. The molecular weight excluding hydrogens is 234 g/mol. The van der Waals surface area contributed by atoms with Crippen molar-refractivity contribution in [2.24, 2.45) is 0 Å². The highest BCUT2D eigenvalue weighted by atomic mass is 35.5. The highest BCUT2D eigenvalue weighted by molar-refractivity contribution is 5.85. The number of nitrogen functional groups attached to an aromatic ring is 1. The van der Waals surface area contributed by atoms with E-state index in [4.69, 9.17) is 5.73 Å². The molecule has 0 bridgehead atoms. The third-order valence-electron chi connectivity index (χ3n) is 3.03. The zero-order valence-corrected chi connectivity index (χ0v) is 11.6. The van der Waals surface area contributed by atoms with Gasteiger partial charge in [-0.2, -0.15) is 0 Å². The van der Waals surface area contributed by atoms with E-state index in [9.17, 15) is 5.11 Å². The molecule has 0 radical (unpaired) electrons. The molecule has 3 heteroatoms. The summed E-state index contributed by atoms with van der Waals surface area (Å²) in [7, 11) is 0. The molecule has 0 atom stereocenters. The zero-order valence-electron chi connectivity index (χ0n) is 10.8. The largest absolute Gasteiger partial charge is 0.506 e. The van der Waals surface area contributed by atoms with Crippen molar-refractivity contribution in [1.82, 2.24) is 0 Å². The second kappa shape index (κ2) is 8.24. The van der Waals surface area contributed by atoms with E-state index in [2.05, 4.69) is 13.8 Å². The Morgan fingerprint density at radius 2 is 1.76 bits per heavy atom. The molecule has 0 unspecified atom stereocenters. The van der Waals surface area contributed by atoms with E-state index in [0.29, 0.717) is 5.69 Å². The predicted molar refractivity (Wildman–Crippen MR) is 77.0 cm³/mol. The quantitative estimate of drug-likeness (QED) is 0.455. The molecule has 0 aliphatic carbocycles. The van der Waals surface area contributed by atoms with Crippen molar-refractivity contribution in [2.45, 2.75) is 52.4 Å². The number of phenols is 1. The molecule has 0 saturated carbocycles.